The first-order valence-corrected chi connectivity index (χ1v) is 36.9. The van der Waals surface area contributed by atoms with Gasteiger partial charge < -0.3 is 0 Å². The normalized spacial score (nSPS) is 12.5. The molecule has 0 aromatic rings. The molecule has 0 radical (unpaired) electrons. The molecule has 0 saturated carbocycles. The molecule has 0 atom stereocenters. The van der Waals surface area contributed by atoms with Crippen LogP contribution < -0.4 is 0 Å². The van der Waals surface area contributed by atoms with E-state index < -0.39 is 34.0 Å². The fourth-order valence-electron chi connectivity index (χ4n) is 5.31. The summed E-state index contributed by atoms with van der Waals surface area (Å²) in [6.07, 6.45) is 23.6. The summed E-state index contributed by atoms with van der Waals surface area (Å²) in [5, 5.41) is 0. The van der Waals surface area contributed by atoms with Gasteiger partial charge in [0, 0.05) is 0 Å². The molecule has 0 aliphatic rings. The van der Waals surface area contributed by atoms with E-state index in [1.54, 1.807) is 26.6 Å². The number of unbranched alkanes of at least 4 members (excludes halogenated alkanes) is 9. The maximum atomic E-state index is 2.60. The maximum absolute atomic E-state index is 2.60. The Morgan fingerprint density at radius 3 is 0.765 bits per heavy atom. The second kappa shape index (κ2) is 25.6. The van der Waals surface area contributed by atoms with E-state index in [0.29, 0.717) is 0 Å². The molecule has 0 amide bonds. The molecule has 0 rings (SSSR count). The van der Waals surface area contributed by atoms with Crippen LogP contribution >= 0.6 is 17.9 Å². The van der Waals surface area contributed by atoms with Gasteiger partial charge in [-0.3, -0.25) is 0 Å². The molecular weight excluding hydrogens is 662 g/mol. The number of hydrogen-bond donors (Lipinski definition) is 0. The zero-order valence-corrected chi connectivity index (χ0v) is 32.1. The van der Waals surface area contributed by atoms with Crippen molar-refractivity contribution in [2.45, 2.75) is 171 Å². The Morgan fingerprint density at radius 2 is 0.559 bits per heavy atom. The van der Waals surface area contributed by atoms with E-state index in [-0.39, 0.29) is 0 Å². The predicted octanol–water partition coefficient (Wildman–Crippen LogP) is 12.7. The molecule has 0 saturated heterocycles. The van der Waals surface area contributed by atoms with E-state index in [1.807, 2.05) is 0 Å². The first-order valence-electron chi connectivity index (χ1n) is 15.8. The van der Waals surface area contributed by atoms with Gasteiger partial charge in [-0.2, -0.15) is 0 Å². The van der Waals surface area contributed by atoms with Crippen LogP contribution in [0.5, 0.6) is 0 Å². The number of rotatable bonds is 27. The van der Waals surface area contributed by atoms with Crippen LogP contribution in [0.4, 0.5) is 0 Å². The molecule has 0 fully saturated rings. The number of hydrogen-bond acceptors (Lipinski definition) is 2. The van der Waals surface area contributed by atoms with Crippen LogP contribution in [-0.4, -0.2) is 45.5 Å². The molecule has 0 aliphatic heterocycles. The van der Waals surface area contributed by atoms with Crippen molar-refractivity contribution in [1.29, 1.82) is 0 Å². The van der Waals surface area contributed by atoms with Crippen molar-refractivity contribution in [2.24, 2.45) is 0 Å². The third-order valence-electron chi connectivity index (χ3n) is 7.77. The van der Waals surface area contributed by atoms with Gasteiger partial charge in [0.05, 0.1) is 0 Å². The first-order chi connectivity index (χ1) is 16.6. The molecule has 0 aromatic heterocycles. The Labute approximate surface area is 232 Å². The zero-order chi connectivity index (χ0) is 25.4. The quantitative estimate of drug-likeness (QED) is 0.0610. The van der Waals surface area contributed by atoms with Crippen LogP contribution in [0.15, 0.2) is 0 Å². The Morgan fingerprint density at radius 1 is 0.324 bits per heavy atom. The molecule has 4 heteroatoms. The van der Waals surface area contributed by atoms with Crippen molar-refractivity contribution in [1.82, 2.24) is 0 Å². The Kier molecular flexibility index (Phi) is 27.3. The second-order valence-electron chi connectivity index (χ2n) is 11.1. The van der Waals surface area contributed by atoms with Crippen molar-refractivity contribution in [3.8, 4) is 0 Å². The summed E-state index contributed by atoms with van der Waals surface area (Å²) in [5.74, 6) is 3.01. The summed E-state index contributed by atoms with van der Waals surface area (Å²) in [4.78, 5) is 0. The third kappa shape index (κ3) is 18.5. The van der Waals surface area contributed by atoms with Gasteiger partial charge in [-0.05, 0) is 0 Å². The molecule has 34 heavy (non-hydrogen) atoms. The van der Waals surface area contributed by atoms with Crippen molar-refractivity contribution in [2.75, 3.05) is 11.5 Å². The van der Waals surface area contributed by atoms with Crippen molar-refractivity contribution < 1.29 is 0 Å². The van der Waals surface area contributed by atoms with Gasteiger partial charge in [-0.1, -0.05) is 0 Å². The van der Waals surface area contributed by atoms with E-state index >= 15 is 0 Å². The zero-order valence-electron chi connectivity index (χ0n) is 24.8. The summed E-state index contributed by atoms with van der Waals surface area (Å²) in [6.45, 7) is 14.4. The van der Waals surface area contributed by atoms with Gasteiger partial charge in [0.15, 0.2) is 0 Å². The molecule has 0 heterocycles. The molecular formula is C30H66S2Sn2. The summed E-state index contributed by atoms with van der Waals surface area (Å²) in [5.41, 5.74) is 0. The molecule has 0 N–H and O–H groups in total. The van der Waals surface area contributed by atoms with E-state index in [1.165, 1.54) is 114 Å². The molecule has 0 bridgehead atoms. The van der Waals surface area contributed by atoms with Gasteiger partial charge in [0.1, 0.15) is 0 Å². The SMILES string of the molecule is CCC[CH2][Sn]([CH2]CCC)([CH2]CCC)[S]CCCCCC[S][Sn]([CH2]CCC)([CH2]CCC)[CH2]CCC. The van der Waals surface area contributed by atoms with Gasteiger partial charge in [0.25, 0.3) is 0 Å². The summed E-state index contributed by atoms with van der Waals surface area (Å²) in [6, 6.07) is 0. The molecule has 0 aliphatic carbocycles. The Bertz CT molecular complexity index is 335. The van der Waals surface area contributed by atoms with Gasteiger partial charge in [-0.15, -0.1) is 0 Å². The molecule has 0 spiro atoms. The average Bonchev–Trinajstić information content (AvgIpc) is 2.86. The van der Waals surface area contributed by atoms with Crippen LogP contribution in [0.3, 0.4) is 0 Å². The van der Waals surface area contributed by atoms with Gasteiger partial charge >= 0.3 is 234 Å². The summed E-state index contributed by atoms with van der Waals surface area (Å²) >= 11 is -3.87. The monoisotopic (exact) mass is 730 g/mol. The van der Waals surface area contributed by atoms with E-state index in [0.717, 1.165) is 0 Å². The van der Waals surface area contributed by atoms with E-state index in [4.69, 9.17) is 0 Å². The minimum atomic E-state index is -1.94. The summed E-state index contributed by atoms with van der Waals surface area (Å²) < 4.78 is 10.1. The van der Waals surface area contributed by atoms with Crippen molar-refractivity contribution in [3.05, 3.63) is 0 Å². The second-order valence-corrected chi connectivity index (χ2v) is 51.1. The topological polar surface area (TPSA) is 0 Å². The summed E-state index contributed by atoms with van der Waals surface area (Å²) in [7, 11) is 5.20. The van der Waals surface area contributed by atoms with Crippen LogP contribution in [0.2, 0.25) is 26.6 Å². The van der Waals surface area contributed by atoms with Gasteiger partial charge in [0.2, 0.25) is 0 Å². The fourth-order valence-corrected chi connectivity index (χ4v) is 52.2. The minimum absolute atomic E-state index is 1.41. The van der Waals surface area contributed by atoms with Gasteiger partial charge in [-0.25, -0.2) is 0 Å². The van der Waals surface area contributed by atoms with Crippen LogP contribution in [0, 0.1) is 0 Å². The fraction of sp³-hybridized carbons (Fsp3) is 1.00. The van der Waals surface area contributed by atoms with E-state index in [2.05, 4.69) is 59.4 Å². The van der Waals surface area contributed by atoms with E-state index in [9.17, 15) is 0 Å². The first kappa shape index (κ1) is 36.3. The van der Waals surface area contributed by atoms with Crippen LogP contribution in [-0.2, 0) is 0 Å². The standard InChI is InChI=1S/C6H14S2.6C4H9.2Sn/c7-5-3-1-2-4-6-8;6*1-3-4-2;;/h7-8H,1-6H2;6*1,3-4H2,2H3;;/q;;;;;;;2*+1/p-2. The Balaban J connectivity index is 4.49. The molecule has 0 unspecified atom stereocenters. The third-order valence-corrected chi connectivity index (χ3v) is 53.8. The predicted molar refractivity (Wildman–Crippen MR) is 173 cm³/mol. The molecule has 0 aromatic carbocycles. The molecule has 0 nitrogen and oxygen atoms in total. The Hall–Kier alpha value is 2.30. The van der Waals surface area contributed by atoms with Crippen molar-refractivity contribution in [3.63, 3.8) is 0 Å². The van der Waals surface area contributed by atoms with Crippen molar-refractivity contribution >= 4 is 51.9 Å². The average molecular weight is 728 g/mol. The van der Waals surface area contributed by atoms with Crippen LogP contribution in [0.25, 0.3) is 0 Å². The molecule has 206 valence electrons. The van der Waals surface area contributed by atoms with Crippen LogP contribution in [0.1, 0.15) is 144 Å².